The van der Waals surface area contributed by atoms with Crippen LogP contribution in [0.3, 0.4) is 0 Å². The van der Waals surface area contributed by atoms with Crippen LogP contribution in [0.1, 0.15) is 29.9 Å². The molecule has 2 aromatic rings. The van der Waals surface area contributed by atoms with Gasteiger partial charge in [-0.3, -0.25) is 19.5 Å². The van der Waals surface area contributed by atoms with Crippen LogP contribution >= 0.6 is 0 Å². The Morgan fingerprint density at radius 3 is 2.70 bits per heavy atom. The maximum atomic E-state index is 12.4. The van der Waals surface area contributed by atoms with Gasteiger partial charge in [-0.1, -0.05) is 0 Å². The number of hydrogen-bond donors (Lipinski definition) is 5. The SMILES string of the molecule is Cc1ncn(CCNC(=O)[C@H]2C[C@H](NC(=O)Cc3ccn[nH]3)[C@@H](O)C2)c1C.O=CO. The van der Waals surface area contributed by atoms with Crippen molar-refractivity contribution in [1.82, 2.24) is 30.4 Å². The molecule has 0 aromatic carbocycles. The van der Waals surface area contributed by atoms with Crippen LogP contribution in [0, 0.1) is 19.8 Å². The van der Waals surface area contributed by atoms with Gasteiger partial charge in [-0.15, -0.1) is 0 Å². The molecule has 2 aromatic heterocycles. The zero-order valence-electron chi connectivity index (χ0n) is 17.0. The molecule has 3 atom stereocenters. The monoisotopic (exact) mass is 420 g/mol. The van der Waals surface area contributed by atoms with Crippen LogP contribution in [0.25, 0.3) is 0 Å². The van der Waals surface area contributed by atoms with Gasteiger partial charge in [0.15, 0.2) is 0 Å². The molecule has 5 N–H and O–H groups in total. The molecule has 1 saturated carbocycles. The molecule has 11 nitrogen and oxygen atoms in total. The Bertz CT molecular complexity index is 835. The summed E-state index contributed by atoms with van der Waals surface area (Å²) in [6.45, 7) is 4.84. The highest BCUT2D eigenvalue weighted by molar-refractivity contribution is 5.80. The van der Waals surface area contributed by atoms with Crippen LogP contribution in [-0.2, 0) is 27.3 Å². The summed E-state index contributed by atoms with van der Waals surface area (Å²) < 4.78 is 2.00. The molecule has 0 radical (unpaired) electrons. The Hall–Kier alpha value is -3.21. The van der Waals surface area contributed by atoms with Crippen molar-refractivity contribution < 1.29 is 24.6 Å². The van der Waals surface area contributed by atoms with Gasteiger partial charge in [-0.25, -0.2) is 4.98 Å². The van der Waals surface area contributed by atoms with E-state index in [9.17, 15) is 14.7 Å². The molecule has 0 saturated heterocycles. The normalized spacial score (nSPS) is 20.2. The van der Waals surface area contributed by atoms with Gasteiger partial charge in [0, 0.05) is 36.6 Å². The lowest BCUT2D eigenvalue weighted by molar-refractivity contribution is -0.125. The number of carbonyl (C=O) groups excluding carboxylic acids is 2. The summed E-state index contributed by atoms with van der Waals surface area (Å²) in [4.78, 5) is 37.1. The zero-order valence-corrected chi connectivity index (χ0v) is 17.0. The van der Waals surface area contributed by atoms with Crippen molar-refractivity contribution >= 4 is 18.3 Å². The van der Waals surface area contributed by atoms with Crippen molar-refractivity contribution in [1.29, 1.82) is 0 Å². The van der Waals surface area contributed by atoms with Crippen molar-refractivity contribution in [2.24, 2.45) is 5.92 Å². The van der Waals surface area contributed by atoms with E-state index in [1.54, 1.807) is 18.6 Å². The first kappa shape index (κ1) is 23.1. The molecule has 2 heterocycles. The minimum atomic E-state index is -0.718. The molecule has 0 aliphatic heterocycles. The van der Waals surface area contributed by atoms with Gasteiger partial charge in [-0.05, 0) is 32.8 Å². The summed E-state index contributed by atoms with van der Waals surface area (Å²) in [6.07, 6.45) is 3.59. The molecule has 0 unspecified atom stereocenters. The second kappa shape index (κ2) is 11.1. The predicted molar refractivity (Wildman–Crippen MR) is 106 cm³/mol. The molecule has 1 aliphatic carbocycles. The maximum Gasteiger partial charge on any atom is 0.290 e. The van der Waals surface area contributed by atoms with Crippen LogP contribution in [0.15, 0.2) is 18.6 Å². The lowest BCUT2D eigenvalue weighted by Crippen LogP contribution is -2.41. The molecule has 1 fully saturated rings. The largest absolute Gasteiger partial charge is 0.483 e. The van der Waals surface area contributed by atoms with Gasteiger partial charge in [0.2, 0.25) is 11.8 Å². The highest BCUT2D eigenvalue weighted by Crippen LogP contribution is 2.26. The fourth-order valence-electron chi connectivity index (χ4n) is 3.41. The Morgan fingerprint density at radius 1 is 1.37 bits per heavy atom. The number of carbonyl (C=O) groups is 3. The minimum Gasteiger partial charge on any atom is -0.483 e. The van der Waals surface area contributed by atoms with E-state index >= 15 is 0 Å². The summed E-state index contributed by atoms with van der Waals surface area (Å²) in [7, 11) is 0. The summed E-state index contributed by atoms with van der Waals surface area (Å²) in [5, 5.41) is 29.3. The lowest BCUT2D eigenvalue weighted by Gasteiger charge is -2.16. The van der Waals surface area contributed by atoms with Crippen molar-refractivity contribution in [3.05, 3.63) is 35.7 Å². The average molecular weight is 420 g/mol. The number of aliphatic hydroxyl groups excluding tert-OH is 1. The molecule has 0 bridgehead atoms. The number of aromatic amines is 1. The Morgan fingerprint density at radius 2 is 2.10 bits per heavy atom. The smallest absolute Gasteiger partial charge is 0.290 e. The third-order valence-electron chi connectivity index (χ3n) is 5.15. The quantitative estimate of drug-likeness (QED) is 0.378. The van der Waals surface area contributed by atoms with Crippen molar-refractivity contribution in [3.63, 3.8) is 0 Å². The third kappa shape index (κ3) is 6.41. The fraction of sp³-hybridized carbons (Fsp3) is 0.526. The van der Waals surface area contributed by atoms with Crippen LogP contribution in [-0.4, -0.2) is 66.9 Å². The Kier molecular flexibility index (Phi) is 8.54. The first-order chi connectivity index (χ1) is 14.3. The molecule has 11 heteroatoms. The second-order valence-corrected chi connectivity index (χ2v) is 7.17. The first-order valence-electron chi connectivity index (χ1n) is 9.65. The molecule has 3 rings (SSSR count). The number of amides is 2. The van der Waals surface area contributed by atoms with E-state index in [2.05, 4.69) is 25.8 Å². The number of aryl methyl sites for hydroxylation is 1. The van der Waals surface area contributed by atoms with Gasteiger partial charge in [0.25, 0.3) is 6.47 Å². The number of aromatic nitrogens is 4. The van der Waals surface area contributed by atoms with Crippen LogP contribution < -0.4 is 10.6 Å². The van der Waals surface area contributed by atoms with Gasteiger partial charge < -0.3 is 25.4 Å². The molecular weight excluding hydrogens is 392 g/mol. The van der Waals surface area contributed by atoms with Gasteiger partial charge in [-0.2, -0.15) is 5.10 Å². The zero-order chi connectivity index (χ0) is 22.1. The average Bonchev–Trinajstić information content (AvgIpc) is 3.41. The van der Waals surface area contributed by atoms with Gasteiger partial charge >= 0.3 is 0 Å². The number of nitrogens with one attached hydrogen (secondary N) is 3. The number of carboxylic acid groups (broad SMARTS) is 1. The highest BCUT2D eigenvalue weighted by atomic mass is 16.3. The first-order valence-corrected chi connectivity index (χ1v) is 9.65. The summed E-state index contributed by atoms with van der Waals surface area (Å²) in [5.41, 5.74) is 2.77. The van der Waals surface area contributed by atoms with E-state index in [-0.39, 0.29) is 30.6 Å². The number of imidazole rings is 1. The number of hydrogen-bond acceptors (Lipinski definition) is 6. The van der Waals surface area contributed by atoms with Gasteiger partial charge in [0.1, 0.15) is 0 Å². The van der Waals surface area contributed by atoms with Gasteiger partial charge in [0.05, 0.1) is 30.6 Å². The van der Waals surface area contributed by atoms with Crippen molar-refractivity contribution in [3.8, 4) is 0 Å². The van der Waals surface area contributed by atoms with Crippen molar-refractivity contribution in [2.45, 2.75) is 51.8 Å². The van der Waals surface area contributed by atoms with Crippen molar-refractivity contribution in [2.75, 3.05) is 6.54 Å². The van der Waals surface area contributed by atoms with E-state index < -0.39 is 12.1 Å². The van der Waals surface area contributed by atoms with Crippen LogP contribution in [0.5, 0.6) is 0 Å². The summed E-state index contributed by atoms with van der Waals surface area (Å²) in [6, 6.07) is 1.32. The van der Waals surface area contributed by atoms with E-state index in [4.69, 9.17) is 9.90 Å². The predicted octanol–water partition coefficient (Wildman–Crippen LogP) is -0.462. The second-order valence-electron chi connectivity index (χ2n) is 7.17. The summed E-state index contributed by atoms with van der Waals surface area (Å²) >= 11 is 0. The Labute approximate surface area is 173 Å². The van der Waals surface area contributed by atoms with E-state index in [0.29, 0.717) is 31.6 Å². The summed E-state index contributed by atoms with van der Waals surface area (Å²) in [5.74, 6) is -0.591. The number of nitrogens with zero attached hydrogens (tertiary/aromatic N) is 3. The molecule has 164 valence electrons. The topological polar surface area (TPSA) is 162 Å². The molecule has 30 heavy (non-hydrogen) atoms. The third-order valence-corrected chi connectivity index (χ3v) is 5.15. The van der Waals surface area contributed by atoms with Crippen LogP contribution in [0.4, 0.5) is 0 Å². The molecule has 0 spiro atoms. The lowest BCUT2D eigenvalue weighted by atomic mass is 10.1. The Balaban J connectivity index is 0.00000101. The molecule has 2 amide bonds. The number of rotatable bonds is 7. The maximum absolute atomic E-state index is 12.4. The van der Waals surface area contributed by atoms with Crippen LogP contribution in [0.2, 0.25) is 0 Å². The molecule has 1 aliphatic rings. The standard InChI is InChI=1S/C18H26N6O3.CH2O2/c1-11-12(2)24(10-20-11)6-5-19-18(27)13-7-15(16(25)8-13)22-17(26)9-14-3-4-21-23-14;2-1-3/h3-4,10,13,15-16,25H,5-9H2,1-2H3,(H,19,27)(H,21,23)(H,22,26);1H,(H,2,3)/t13-,15-,16-;/m0./s1. The fourth-order valence-corrected chi connectivity index (χ4v) is 3.41. The number of aliphatic hydroxyl groups is 1. The van der Waals surface area contributed by atoms with E-state index in [1.165, 1.54) is 0 Å². The molecular formula is C19H28N6O5. The van der Waals surface area contributed by atoms with E-state index in [0.717, 1.165) is 11.4 Å². The minimum absolute atomic E-state index is 0.0890. The van der Waals surface area contributed by atoms with E-state index in [1.807, 2.05) is 18.4 Å². The number of H-pyrrole nitrogens is 1. The highest BCUT2D eigenvalue weighted by Gasteiger charge is 2.37.